The maximum atomic E-state index is 12.3. The van der Waals surface area contributed by atoms with Crippen LogP contribution in [0.2, 0.25) is 0 Å². The fraction of sp³-hybridized carbons (Fsp3) is 0.571. The molecular formula is C14H19N3O4. The summed E-state index contributed by atoms with van der Waals surface area (Å²) in [5.74, 6) is 0.191. The molecule has 0 aliphatic carbocycles. The SMILES string of the molecule is CNC(=O)CN1CCO[C@@H]2CN(C(=O)c3ccco3)C[C@@H]21. The van der Waals surface area contributed by atoms with Gasteiger partial charge in [0, 0.05) is 26.7 Å². The van der Waals surface area contributed by atoms with Gasteiger partial charge in [-0.3, -0.25) is 14.5 Å². The molecule has 7 nitrogen and oxygen atoms in total. The lowest BCUT2D eigenvalue weighted by Crippen LogP contribution is -2.53. The second kappa shape index (κ2) is 5.87. The zero-order chi connectivity index (χ0) is 14.8. The van der Waals surface area contributed by atoms with Crippen LogP contribution in [0.3, 0.4) is 0 Å². The standard InChI is InChI=1S/C14H19N3O4/c1-15-13(18)9-16-4-6-21-12-8-17(7-10(12)16)14(19)11-3-2-5-20-11/h2-3,5,10,12H,4,6-9H2,1H3,(H,15,18)/t10-,12+/m0/s1. The first kappa shape index (κ1) is 14.1. The van der Waals surface area contributed by atoms with Crippen LogP contribution in [-0.4, -0.2) is 73.6 Å². The fourth-order valence-corrected chi connectivity index (χ4v) is 2.94. The highest BCUT2D eigenvalue weighted by Crippen LogP contribution is 2.24. The summed E-state index contributed by atoms with van der Waals surface area (Å²) in [5, 5.41) is 2.63. The number of morpholine rings is 1. The number of nitrogens with one attached hydrogen (secondary N) is 1. The Morgan fingerprint density at radius 2 is 2.29 bits per heavy atom. The van der Waals surface area contributed by atoms with Gasteiger partial charge >= 0.3 is 0 Å². The molecule has 1 aromatic rings. The molecule has 2 saturated heterocycles. The van der Waals surface area contributed by atoms with Crippen LogP contribution in [-0.2, 0) is 9.53 Å². The number of carbonyl (C=O) groups is 2. The summed E-state index contributed by atoms with van der Waals surface area (Å²) in [6.45, 7) is 2.72. The molecule has 1 N–H and O–H groups in total. The number of likely N-dealkylation sites (N-methyl/N-ethyl adjacent to an activating group) is 1. The van der Waals surface area contributed by atoms with Crippen molar-refractivity contribution >= 4 is 11.8 Å². The van der Waals surface area contributed by atoms with Gasteiger partial charge in [-0.1, -0.05) is 0 Å². The molecule has 3 heterocycles. The topological polar surface area (TPSA) is 75.0 Å². The molecule has 0 spiro atoms. The quantitative estimate of drug-likeness (QED) is 0.817. The van der Waals surface area contributed by atoms with Gasteiger partial charge in [0.1, 0.15) is 0 Å². The number of amides is 2. The molecule has 0 saturated carbocycles. The average molecular weight is 293 g/mol. The lowest BCUT2D eigenvalue weighted by Gasteiger charge is -2.35. The van der Waals surface area contributed by atoms with Crippen LogP contribution >= 0.6 is 0 Å². The van der Waals surface area contributed by atoms with Crippen LogP contribution in [0.5, 0.6) is 0 Å². The van der Waals surface area contributed by atoms with E-state index in [2.05, 4.69) is 10.2 Å². The zero-order valence-corrected chi connectivity index (χ0v) is 11.9. The number of furan rings is 1. The lowest BCUT2D eigenvalue weighted by molar-refractivity contribution is -0.125. The molecule has 2 fully saturated rings. The second-order valence-electron chi connectivity index (χ2n) is 5.31. The highest BCUT2D eigenvalue weighted by Gasteiger charge is 2.42. The number of carbonyl (C=O) groups excluding carboxylic acids is 2. The minimum atomic E-state index is -0.127. The van der Waals surface area contributed by atoms with Crippen molar-refractivity contribution in [1.82, 2.24) is 15.1 Å². The van der Waals surface area contributed by atoms with Crippen LogP contribution < -0.4 is 5.32 Å². The van der Waals surface area contributed by atoms with Gasteiger partial charge in [0.15, 0.2) is 5.76 Å². The summed E-state index contributed by atoms with van der Waals surface area (Å²) in [6, 6.07) is 3.42. The number of hydrogen-bond donors (Lipinski definition) is 1. The van der Waals surface area contributed by atoms with Gasteiger partial charge < -0.3 is 19.4 Å². The van der Waals surface area contributed by atoms with Crippen molar-refractivity contribution in [2.45, 2.75) is 12.1 Å². The molecule has 1 aromatic heterocycles. The van der Waals surface area contributed by atoms with Crippen molar-refractivity contribution in [2.24, 2.45) is 0 Å². The van der Waals surface area contributed by atoms with E-state index in [4.69, 9.17) is 9.15 Å². The van der Waals surface area contributed by atoms with Crippen LogP contribution in [0.15, 0.2) is 22.8 Å². The third-order valence-corrected chi connectivity index (χ3v) is 4.06. The number of likely N-dealkylation sites (tertiary alicyclic amines) is 1. The Balaban J connectivity index is 1.68. The Hall–Kier alpha value is -1.86. The van der Waals surface area contributed by atoms with E-state index in [0.717, 1.165) is 0 Å². The van der Waals surface area contributed by atoms with Crippen LogP contribution in [0.25, 0.3) is 0 Å². The molecule has 21 heavy (non-hydrogen) atoms. The number of fused-ring (bicyclic) bond motifs is 1. The third-order valence-electron chi connectivity index (χ3n) is 4.06. The number of rotatable bonds is 3. The molecule has 3 rings (SSSR count). The van der Waals surface area contributed by atoms with E-state index in [9.17, 15) is 9.59 Å². The summed E-state index contributed by atoms with van der Waals surface area (Å²) in [7, 11) is 1.63. The van der Waals surface area contributed by atoms with Crippen molar-refractivity contribution in [1.29, 1.82) is 0 Å². The van der Waals surface area contributed by atoms with Crippen molar-refractivity contribution < 1.29 is 18.7 Å². The van der Waals surface area contributed by atoms with Gasteiger partial charge in [-0.15, -0.1) is 0 Å². The minimum absolute atomic E-state index is 0.0218. The van der Waals surface area contributed by atoms with E-state index < -0.39 is 0 Å². The zero-order valence-electron chi connectivity index (χ0n) is 11.9. The summed E-state index contributed by atoms with van der Waals surface area (Å²) < 4.78 is 10.9. The smallest absolute Gasteiger partial charge is 0.289 e. The summed E-state index contributed by atoms with van der Waals surface area (Å²) in [5.41, 5.74) is 0. The molecule has 2 aliphatic rings. The average Bonchev–Trinajstić information content (AvgIpc) is 3.16. The van der Waals surface area contributed by atoms with Gasteiger partial charge in [0.2, 0.25) is 5.91 Å². The highest BCUT2D eigenvalue weighted by molar-refractivity contribution is 5.91. The molecule has 7 heteroatoms. The van der Waals surface area contributed by atoms with Crippen molar-refractivity contribution in [3.63, 3.8) is 0 Å². The Labute approximate surface area is 122 Å². The Kier molecular flexibility index (Phi) is 3.94. The molecule has 2 atom stereocenters. The van der Waals surface area contributed by atoms with Crippen LogP contribution in [0, 0.1) is 0 Å². The fourth-order valence-electron chi connectivity index (χ4n) is 2.94. The van der Waals surface area contributed by atoms with Crippen molar-refractivity contribution in [2.75, 3.05) is 39.8 Å². The molecular weight excluding hydrogens is 274 g/mol. The minimum Gasteiger partial charge on any atom is -0.459 e. The molecule has 114 valence electrons. The molecule has 0 unspecified atom stereocenters. The number of hydrogen-bond acceptors (Lipinski definition) is 5. The van der Waals surface area contributed by atoms with Gasteiger partial charge in [0.25, 0.3) is 5.91 Å². The van der Waals surface area contributed by atoms with Gasteiger partial charge in [-0.25, -0.2) is 0 Å². The van der Waals surface area contributed by atoms with E-state index in [1.165, 1.54) is 6.26 Å². The number of nitrogens with zero attached hydrogens (tertiary/aromatic N) is 2. The largest absolute Gasteiger partial charge is 0.459 e. The Morgan fingerprint density at radius 1 is 1.43 bits per heavy atom. The summed E-state index contributed by atoms with van der Waals surface area (Å²) in [6.07, 6.45) is 1.45. The first-order valence-electron chi connectivity index (χ1n) is 7.08. The maximum Gasteiger partial charge on any atom is 0.289 e. The van der Waals surface area contributed by atoms with E-state index in [-0.39, 0.29) is 24.0 Å². The maximum absolute atomic E-state index is 12.3. The molecule has 2 aliphatic heterocycles. The summed E-state index contributed by atoms with van der Waals surface area (Å²) >= 11 is 0. The van der Waals surface area contributed by atoms with E-state index >= 15 is 0 Å². The molecule has 0 radical (unpaired) electrons. The van der Waals surface area contributed by atoms with E-state index in [0.29, 0.717) is 38.5 Å². The third kappa shape index (κ3) is 2.79. The normalized spacial score (nSPS) is 25.7. The summed E-state index contributed by atoms with van der Waals surface area (Å²) in [4.78, 5) is 27.7. The van der Waals surface area contributed by atoms with Crippen LogP contribution in [0.1, 0.15) is 10.6 Å². The van der Waals surface area contributed by atoms with Gasteiger partial charge in [-0.05, 0) is 12.1 Å². The first-order valence-corrected chi connectivity index (χ1v) is 7.08. The molecule has 0 aromatic carbocycles. The molecule has 2 amide bonds. The van der Waals surface area contributed by atoms with E-state index in [1.54, 1.807) is 24.1 Å². The van der Waals surface area contributed by atoms with Gasteiger partial charge in [0.05, 0.1) is 31.6 Å². The number of ether oxygens (including phenoxy) is 1. The van der Waals surface area contributed by atoms with E-state index in [1.807, 2.05) is 0 Å². The van der Waals surface area contributed by atoms with Crippen molar-refractivity contribution in [3.05, 3.63) is 24.2 Å². The predicted molar refractivity (Wildman–Crippen MR) is 73.8 cm³/mol. The molecule has 0 bridgehead atoms. The predicted octanol–water partition coefficient (Wildman–Crippen LogP) is -0.449. The monoisotopic (exact) mass is 293 g/mol. The lowest BCUT2D eigenvalue weighted by atomic mass is 10.1. The Morgan fingerprint density at radius 3 is 3.00 bits per heavy atom. The first-order chi connectivity index (χ1) is 10.2. The Bertz CT molecular complexity index is 516. The second-order valence-corrected chi connectivity index (χ2v) is 5.31. The van der Waals surface area contributed by atoms with Crippen molar-refractivity contribution in [3.8, 4) is 0 Å². The highest BCUT2D eigenvalue weighted by atomic mass is 16.5. The van der Waals surface area contributed by atoms with Crippen LogP contribution in [0.4, 0.5) is 0 Å². The van der Waals surface area contributed by atoms with Gasteiger partial charge in [-0.2, -0.15) is 0 Å².